The zero-order valence-electron chi connectivity index (χ0n) is 22.2. The maximum absolute atomic E-state index is 12.9. The van der Waals surface area contributed by atoms with Gasteiger partial charge in [-0.15, -0.1) is 0 Å². The summed E-state index contributed by atoms with van der Waals surface area (Å²) in [5, 5.41) is 30.5. The molecule has 12 nitrogen and oxygen atoms in total. The van der Waals surface area contributed by atoms with Gasteiger partial charge in [0.1, 0.15) is 11.5 Å². The summed E-state index contributed by atoms with van der Waals surface area (Å²) in [5.41, 5.74) is 2.15. The lowest BCUT2D eigenvalue weighted by molar-refractivity contribution is 0.173. The normalized spacial score (nSPS) is 18.1. The van der Waals surface area contributed by atoms with E-state index in [0.29, 0.717) is 75.7 Å². The first-order chi connectivity index (χ1) is 18.6. The molecule has 2 saturated heterocycles. The number of hydrogen-bond donors (Lipinski definition) is 4. The van der Waals surface area contributed by atoms with Crippen LogP contribution in [0.25, 0.3) is 17.1 Å². The number of phenols is 2. The van der Waals surface area contributed by atoms with Gasteiger partial charge in [-0.2, -0.15) is 22.1 Å². The summed E-state index contributed by atoms with van der Waals surface area (Å²) in [6, 6.07) is 10.4. The van der Waals surface area contributed by atoms with Gasteiger partial charge in [0.05, 0.1) is 11.3 Å². The largest absolute Gasteiger partial charge is 0.508 e. The number of benzene rings is 2. The average Bonchev–Trinajstić information content (AvgIpc) is 3.30. The summed E-state index contributed by atoms with van der Waals surface area (Å²) in [7, 11) is -3.43. The minimum Gasteiger partial charge on any atom is -0.508 e. The average molecular weight is 558 g/mol. The van der Waals surface area contributed by atoms with Gasteiger partial charge in [0.25, 0.3) is 10.2 Å². The van der Waals surface area contributed by atoms with Crippen LogP contribution in [-0.2, 0) is 16.8 Å². The van der Waals surface area contributed by atoms with Crippen molar-refractivity contribution in [3.8, 4) is 28.6 Å². The number of hydrogen-bond acceptors (Lipinski definition) is 8. The molecule has 0 radical (unpaired) electrons. The Labute approximate surface area is 227 Å². The number of rotatable bonds is 7. The number of aromatic hydroxyl groups is 2. The van der Waals surface area contributed by atoms with E-state index in [0.717, 1.165) is 5.56 Å². The van der Waals surface area contributed by atoms with Gasteiger partial charge in [0.15, 0.2) is 5.82 Å². The second-order valence-electron chi connectivity index (χ2n) is 10.3. The van der Waals surface area contributed by atoms with E-state index in [-0.39, 0.29) is 23.2 Å². The summed E-state index contributed by atoms with van der Waals surface area (Å²) in [6.45, 7) is 9.05. The molecule has 3 aromatic rings. The molecular weight excluding hydrogens is 522 g/mol. The molecule has 2 fully saturated rings. The second-order valence-corrected chi connectivity index (χ2v) is 12.2. The first-order valence-electron chi connectivity index (χ1n) is 13.2. The van der Waals surface area contributed by atoms with E-state index in [9.17, 15) is 23.4 Å². The molecule has 0 atom stereocenters. The molecule has 39 heavy (non-hydrogen) atoms. The van der Waals surface area contributed by atoms with Crippen LogP contribution in [0.1, 0.15) is 30.9 Å². The summed E-state index contributed by atoms with van der Waals surface area (Å²) >= 11 is 0. The number of phenolic OH excluding ortho intramolecular Hbond substituents is 2. The summed E-state index contributed by atoms with van der Waals surface area (Å²) < 4.78 is 30.4. The Hall–Kier alpha value is -3.23. The first-order valence-corrected chi connectivity index (χ1v) is 14.6. The van der Waals surface area contributed by atoms with Crippen molar-refractivity contribution >= 4 is 10.2 Å². The van der Waals surface area contributed by atoms with Crippen molar-refractivity contribution in [2.75, 3.05) is 52.4 Å². The minimum absolute atomic E-state index is 0.00629. The lowest BCUT2D eigenvalue weighted by atomic mass is 9.98. The predicted molar refractivity (Wildman–Crippen MR) is 147 cm³/mol. The van der Waals surface area contributed by atoms with E-state index in [1.54, 1.807) is 14.7 Å². The van der Waals surface area contributed by atoms with Crippen molar-refractivity contribution in [3.63, 3.8) is 0 Å². The van der Waals surface area contributed by atoms with Crippen molar-refractivity contribution < 1.29 is 18.6 Å². The minimum atomic E-state index is -3.43. The van der Waals surface area contributed by atoms with E-state index in [2.05, 4.69) is 20.4 Å². The lowest BCUT2D eigenvalue weighted by Crippen LogP contribution is -2.56. The first kappa shape index (κ1) is 27.3. The topological polar surface area (TPSA) is 147 Å². The molecule has 2 aromatic carbocycles. The number of nitrogens with zero attached hydrogens (tertiary/aromatic N) is 5. The molecule has 5 rings (SSSR count). The second kappa shape index (κ2) is 11.1. The van der Waals surface area contributed by atoms with Crippen LogP contribution in [0.3, 0.4) is 0 Å². The molecule has 210 valence electrons. The Bertz CT molecular complexity index is 1470. The molecule has 4 N–H and O–H groups in total. The Morgan fingerprint density at radius 2 is 1.56 bits per heavy atom. The molecule has 0 amide bonds. The fourth-order valence-electron chi connectivity index (χ4n) is 5.12. The number of aromatic nitrogens is 3. The van der Waals surface area contributed by atoms with Gasteiger partial charge in [-0.05, 0) is 35.2 Å². The van der Waals surface area contributed by atoms with E-state index in [1.807, 2.05) is 38.1 Å². The van der Waals surface area contributed by atoms with Gasteiger partial charge in [0.2, 0.25) is 0 Å². The smallest absolute Gasteiger partial charge is 0.348 e. The van der Waals surface area contributed by atoms with Crippen molar-refractivity contribution in [3.05, 3.63) is 58.0 Å². The van der Waals surface area contributed by atoms with E-state index in [4.69, 9.17) is 0 Å². The van der Waals surface area contributed by atoms with Crippen molar-refractivity contribution in [1.82, 2.24) is 33.6 Å². The van der Waals surface area contributed by atoms with Crippen LogP contribution in [0.2, 0.25) is 0 Å². The summed E-state index contributed by atoms with van der Waals surface area (Å²) in [5.74, 6) is 0.0647. The lowest BCUT2D eigenvalue weighted by Gasteiger charge is -2.37. The molecule has 2 aliphatic rings. The molecule has 0 aliphatic carbocycles. The van der Waals surface area contributed by atoms with E-state index in [1.165, 1.54) is 10.6 Å². The SMILES string of the molecule is CC(C)c1cc(-c2n[nH]c(=O)n2-c2ccc(CN3CCN(S(=O)(=O)N4CCNCC4)CC3)cc2)c(O)cc1O. The highest BCUT2D eigenvalue weighted by Gasteiger charge is 2.33. The zero-order chi connectivity index (χ0) is 27.7. The fourth-order valence-corrected chi connectivity index (χ4v) is 6.71. The maximum Gasteiger partial charge on any atom is 0.348 e. The van der Waals surface area contributed by atoms with E-state index >= 15 is 0 Å². The number of nitrogens with one attached hydrogen (secondary N) is 2. The van der Waals surface area contributed by atoms with Crippen molar-refractivity contribution in [1.29, 1.82) is 0 Å². The highest BCUT2D eigenvalue weighted by molar-refractivity contribution is 7.86. The Morgan fingerprint density at radius 1 is 0.923 bits per heavy atom. The quantitative estimate of drug-likeness (QED) is 0.337. The Kier molecular flexibility index (Phi) is 7.78. The molecule has 0 saturated carbocycles. The van der Waals surface area contributed by atoms with Crippen molar-refractivity contribution in [2.45, 2.75) is 26.3 Å². The van der Waals surface area contributed by atoms with Crippen LogP contribution in [0.4, 0.5) is 0 Å². The van der Waals surface area contributed by atoms with Gasteiger partial charge in [-0.3, -0.25) is 4.90 Å². The third-order valence-electron chi connectivity index (χ3n) is 7.34. The standard InChI is InChI=1S/C26H35N7O5S/c1-18(2)21-15-22(24(35)16-23(21)34)25-28-29-26(36)33(25)20-5-3-19(4-6-20)17-30-11-13-32(14-12-30)39(37,38)31-9-7-27-8-10-31/h3-6,15-16,18,27,34-35H,7-14,17H2,1-2H3,(H,29,36). The van der Waals surface area contributed by atoms with Crippen LogP contribution in [0.15, 0.2) is 41.2 Å². The predicted octanol–water partition coefficient (Wildman–Crippen LogP) is 1.03. The highest BCUT2D eigenvalue weighted by Crippen LogP contribution is 2.37. The van der Waals surface area contributed by atoms with Crippen LogP contribution in [0, 0.1) is 0 Å². The third kappa shape index (κ3) is 5.58. The van der Waals surface area contributed by atoms with Gasteiger partial charge in [-0.25, -0.2) is 14.5 Å². The molecular formula is C26H35N7O5S. The van der Waals surface area contributed by atoms with Crippen molar-refractivity contribution in [2.24, 2.45) is 0 Å². The molecule has 2 aliphatic heterocycles. The fraction of sp³-hybridized carbons (Fsp3) is 0.462. The van der Waals surface area contributed by atoms with Crippen LogP contribution >= 0.6 is 0 Å². The maximum atomic E-state index is 12.9. The summed E-state index contributed by atoms with van der Waals surface area (Å²) in [6.07, 6.45) is 0. The molecule has 0 unspecified atom stereocenters. The number of aromatic amines is 1. The Balaban J connectivity index is 1.28. The molecule has 0 spiro atoms. The Morgan fingerprint density at radius 3 is 2.21 bits per heavy atom. The van der Waals surface area contributed by atoms with Crippen LogP contribution in [-0.4, -0.2) is 99.3 Å². The molecule has 3 heterocycles. The molecule has 0 bridgehead atoms. The molecule has 1 aromatic heterocycles. The van der Waals surface area contributed by atoms with Gasteiger partial charge in [0, 0.05) is 65.0 Å². The molecule has 13 heteroatoms. The van der Waals surface area contributed by atoms with E-state index < -0.39 is 15.9 Å². The monoisotopic (exact) mass is 557 g/mol. The zero-order valence-corrected chi connectivity index (χ0v) is 23.0. The van der Waals surface area contributed by atoms with Gasteiger partial charge < -0.3 is 15.5 Å². The van der Waals surface area contributed by atoms with Crippen LogP contribution in [0.5, 0.6) is 11.5 Å². The van der Waals surface area contributed by atoms with Gasteiger partial charge in [-0.1, -0.05) is 26.0 Å². The third-order valence-corrected chi connectivity index (χ3v) is 9.38. The van der Waals surface area contributed by atoms with Crippen LogP contribution < -0.4 is 11.0 Å². The highest BCUT2D eigenvalue weighted by atomic mass is 32.2. The number of piperazine rings is 2. The summed E-state index contributed by atoms with van der Waals surface area (Å²) in [4.78, 5) is 14.9. The van der Waals surface area contributed by atoms with Gasteiger partial charge >= 0.3 is 5.69 Å². The number of H-pyrrole nitrogens is 1.